The minimum atomic E-state index is -0.279. The average Bonchev–Trinajstić information content (AvgIpc) is 2.90. The van der Waals surface area contributed by atoms with Crippen molar-refractivity contribution in [2.75, 3.05) is 25.0 Å². The van der Waals surface area contributed by atoms with Crippen molar-refractivity contribution < 1.29 is 9.59 Å². The fraction of sp³-hybridized carbons (Fsp3) is 0.214. The summed E-state index contributed by atoms with van der Waals surface area (Å²) in [4.78, 5) is 33.6. The molecule has 1 saturated heterocycles. The average molecular weight is 481 g/mol. The van der Waals surface area contributed by atoms with Crippen molar-refractivity contribution in [3.05, 3.63) is 95.6 Å². The molecule has 3 aromatic rings. The first-order valence-electron chi connectivity index (χ1n) is 11.7. The first-order chi connectivity index (χ1) is 17.5. The number of hydrogen-bond donors (Lipinski definition) is 2. The third-order valence-corrected chi connectivity index (χ3v) is 6.15. The predicted molar refractivity (Wildman–Crippen MR) is 140 cm³/mol. The lowest BCUT2D eigenvalue weighted by Crippen LogP contribution is -2.55. The number of aliphatic imine (C=N–C) groups is 1. The summed E-state index contributed by atoms with van der Waals surface area (Å²) in [5.74, 6) is 0.384. The maximum Gasteiger partial charge on any atom is 0.322 e. The molecule has 1 fully saturated rings. The van der Waals surface area contributed by atoms with Crippen molar-refractivity contribution in [1.82, 2.24) is 15.1 Å². The standard InChI is InChI=1S/C28H28N6O2/c1-20-9-6-7-14-25(20)32-27(30-19-29)33-15-16-34(26(18-33)22-10-4-3-5-11-22)28(36)31-24-13-8-12-23(17-24)21(2)35/h3-14,17,26H,15-16,18H2,1-2H3,(H,30,32)(H,31,36). The minimum absolute atomic E-state index is 0.0627. The van der Waals surface area contributed by atoms with Gasteiger partial charge in [0.05, 0.1) is 11.7 Å². The number of guanidine groups is 1. The molecular formula is C28H28N6O2. The van der Waals surface area contributed by atoms with E-state index in [4.69, 9.17) is 4.99 Å². The minimum Gasteiger partial charge on any atom is -0.338 e. The molecule has 3 aromatic carbocycles. The summed E-state index contributed by atoms with van der Waals surface area (Å²) in [6.07, 6.45) is 2.00. The van der Waals surface area contributed by atoms with Crippen LogP contribution in [0.4, 0.5) is 16.2 Å². The monoisotopic (exact) mass is 480 g/mol. The van der Waals surface area contributed by atoms with Crippen molar-refractivity contribution in [1.29, 1.82) is 5.26 Å². The zero-order valence-corrected chi connectivity index (χ0v) is 20.3. The Kier molecular flexibility index (Phi) is 7.61. The van der Waals surface area contributed by atoms with Crippen molar-refractivity contribution in [3.63, 3.8) is 0 Å². The number of aryl methyl sites for hydroxylation is 1. The smallest absolute Gasteiger partial charge is 0.322 e. The summed E-state index contributed by atoms with van der Waals surface area (Å²) in [6, 6.07) is 23.9. The fourth-order valence-electron chi connectivity index (χ4n) is 4.22. The molecule has 0 aromatic heterocycles. The fourth-order valence-corrected chi connectivity index (χ4v) is 4.22. The summed E-state index contributed by atoms with van der Waals surface area (Å²) in [5.41, 5.74) is 3.85. The van der Waals surface area contributed by atoms with Crippen molar-refractivity contribution in [2.24, 2.45) is 4.99 Å². The van der Waals surface area contributed by atoms with Gasteiger partial charge in [-0.1, -0.05) is 60.7 Å². The summed E-state index contributed by atoms with van der Waals surface area (Å²) >= 11 is 0. The van der Waals surface area contributed by atoms with Crippen LogP contribution in [0.2, 0.25) is 0 Å². The zero-order chi connectivity index (χ0) is 25.5. The number of carbonyl (C=O) groups is 2. The highest BCUT2D eigenvalue weighted by atomic mass is 16.2. The molecule has 182 valence electrons. The molecule has 1 aliphatic rings. The van der Waals surface area contributed by atoms with Crippen LogP contribution in [0.1, 0.15) is 34.5 Å². The quantitative estimate of drug-likeness (QED) is 0.183. The van der Waals surface area contributed by atoms with E-state index < -0.39 is 0 Å². The van der Waals surface area contributed by atoms with E-state index in [1.165, 1.54) is 6.92 Å². The molecule has 0 bridgehead atoms. The normalized spacial score (nSPS) is 15.7. The van der Waals surface area contributed by atoms with Crippen LogP contribution in [0.3, 0.4) is 0 Å². The van der Waals surface area contributed by atoms with E-state index in [2.05, 4.69) is 10.6 Å². The van der Waals surface area contributed by atoms with Crippen molar-refractivity contribution >= 4 is 29.1 Å². The number of hydrogen-bond acceptors (Lipinski definition) is 4. The Bertz CT molecular complexity index is 1310. The van der Waals surface area contributed by atoms with Crippen LogP contribution in [0.25, 0.3) is 0 Å². The lowest BCUT2D eigenvalue weighted by atomic mass is 10.0. The number of amides is 2. The van der Waals surface area contributed by atoms with E-state index in [0.717, 1.165) is 16.8 Å². The molecule has 1 aliphatic heterocycles. The van der Waals surface area contributed by atoms with Crippen LogP contribution < -0.4 is 10.6 Å². The Labute approximate surface area is 210 Å². The Morgan fingerprint density at radius 1 is 1.00 bits per heavy atom. The predicted octanol–water partition coefficient (Wildman–Crippen LogP) is 4.85. The van der Waals surface area contributed by atoms with Gasteiger partial charge in [0, 0.05) is 30.9 Å². The zero-order valence-electron chi connectivity index (χ0n) is 20.3. The Balaban J connectivity index is 1.61. The Morgan fingerprint density at radius 2 is 1.75 bits per heavy atom. The largest absolute Gasteiger partial charge is 0.338 e. The van der Waals surface area contributed by atoms with Gasteiger partial charge in [-0.25, -0.2) is 9.79 Å². The van der Waals surface area contributed by atoms with E-state index in [-0.39, 0.29) is 17.9 Å². The topological polar surface area (TPSA) is 101 Å². The number of urea groups is 1. The van der Waals surface area contributed by atoms with Crippen LogP contribution in [0, 0.1) is 18.4 Å². The van der Waals surface area contributed by atoms with Gasteiger partial charge in [-0.05, 0) is 43.2 Å². The highest BCUT2D eigenvalue weighted by molar-refractivity contribution is 5.97. The first-order valence-corrected chi connectivity index (χ1v) is 11.7. The van der Waals surface area contributed by atoms with Gasteiger partial charge < -0.3 is 15.1 Å². The van der Waals surface area contributed by atoms with Crippen molar-refractivity contribution in [3.8, 4) is 6.19 Å². The molecule has 2 N–H and O–H groups in total. The maximum atomic E-state index is 13.4. The number of para-hydroxylation sites is 1. The third kappa shape index (κ3) is 5.70. The number of nitrogens with one attached hydrogen (secondary N) is 2. The summed E-state index contributed by atoms with van der Waals surface area (Å²) in [5, 5.41) is 15.1. The molecule has 1 unspecified atom stereocenters. The van der Waals surface area contributed by atoms with Gasteiger partial charge in [0.2, 0.25) is 5.96 Å². The summed E-state index contributed by atoms with van der Waals surface area (Å²) in [7, 11) is 0. The van der Waals surface area contributed by atoms with Gasteiger partial charge in [0.1, 0.15) is 0 Å². The van der Waals surface area contributed by atoms with E-state index in [1.54, 1.807) is 29.2 Å². The number of nitriles is 1. The highest BCUT2D eigenvalue weighted by Crippen LogP contribution is 2.27. The maximum absolute atomic E-state index is 13.4. The number of nitrogens with zero attached hydrogens (tertiary/aromatic N) is 4. The molecule has 0 aliphatic carbocycles. The second-order valence-corrected chi connectivity index (χ2v) is 8.59. The summed E-state index contributed by atoms with van der Waals surface area (Å²) in [6.45, 7) is 4.82. The molecule has 0 saturated carbocycles. The van der Waals surface area contributed by atoms with Gasteiger partial charge in [-0.15, -0.1) is 0 Å². The lowest BCUT2D eigenvalue weighted by Gasteiger charge is -2.42. The van der Waals surface area contributed by atoms with Crippen molar-refractivity contribution in [2.45, 2.75) is 19.9 Å². The number of carbonyl (C=O) groups excluding carboxylic acids is 2. The van der Waals surface area contributed by atoms with Crippen LogP contribution >= 0.6 is 0 Å². The number of rotatable bonds is 4. The van der Waals surface area contributed by atoms with Crippen LogP contribution in [-0.2, 0) is 0 Å². The van der Waals surface area contributed by atoms with E-state index in [1.807, 2.05) is 72.6 Å². The molecule has 1 atom stereocenters. The number of ketones is 1. The first kappa shape index (κ1) is 24.5. The Morgan fingerprint density at radius 3 is 2.47 bits per heavy atom. The molecule has 4 rings (SSSR count). The Hall–Kier alpha value is -4.64. The second kappa shape index (κ2) is 11.2. The molecule has 8 nitrogen and oxygen atoms in total. The van der Waals surface area contributed by atoms with Gasteiger partial charge in [-0.2, -0.15) is 5.26 Å². The van der Waals surface area contributed by atoms with Crippen LogP contribution in [-0.4, -0.2) is 47.2 Å². The van der Waals surface area contributed by atoms with E-state index >= 15 is 0 Å². The highest BCUT2D eigenvalue weighted by Gasteiger charge is 2.33. The van der Waals surface area contributed by atoms with Gasteiger partial charge >= 0.3 is 6.03 Å². The lowest BCUT2D eigenvalue weighted by molar-refractivity contribution is 0.101. The molecule has 1 heterocycles. The number of benzene rings is 3. The summed E-state index contributed by atoms with van der Waals surface area (Å²) < 4.78 is 0. The third-order valence-electron chi connectivity index (χ3n) is 6.15. The molecule has 0 spiro atoms. The van der Waals surface area contributed by atoms with Crippen LogP contribution in [0.5, 0.6) is 0 Å². The molecular weight excluding hydrogens is 452 g/mol. The van der Waals surface area contributed by atoms with E-state index in [9.17, 15) is 14.9 Å². The van der Waals surface area contributed by atoms with Gasteiger partial charge in [-0.3, -0.25) is 10.1 Å². The number of anilines is 1. The molecule has 36 heavy (non-hydrogen) atoms. The molecule has 2 amide bonds. The number of piperazine rings is 1. The number of Topliss-reactive ketones (excluding diaryl/α,β-unsaturated/α-hetero) is 1. The molecule has 0 radical (unpaired) electrons. The second-order valence-electron chi connectivity index (χ2n) is 8.59. The SMILES string of the molecule is CC(=O)c1cccc(NC(=O)N2CCN(C(=Nc3ccccc3C)NC#N)CC2c2ccccc2)c1. The van der Waals surface area contributed by atoms with Crippen LogP contribution in [0.15, 0.2) is 83.9 Å². The van der Waals surface area contributed by atoms with E-state index in [0.29, 0.717) is 36.8 Å². The van der Waals surface area contributed by atoms with Gasteiger partial charge in [0.15, 0.2) is 12.0 Å². The molecule has 8 heteroatoms. The van der Waals surface area contributed by atoms with Gasteiger partial charge in [0.25, 0.3) is 0 Å².